The Morgan fingerprint density at radius 1 is 0.535 bits per heavy atom. The minimum Gasteiger partial charge on any atom is -0.497 e. The lowest BCUT2D eigenvalue weighted by molar-refractivity contribution is -0.135. The number of nitrogens with one attached hydrogen (secondary N) is 3. The number of aromatic nitrogens is 4. The molecule has 4 aliphatic heterocycles. The SMILES string of the molecule is COc1ccc(-c2c3nc(c(-c4ccc(OC)cc4)c4ccc([nH]4)c(-c4ccc(OC)cc4)c4nc(c(-c5ccc(OC)cc5)c5ccc2[nH]5)C=C4C2N(C)COC24C(=O)Nc2ccccc24)C=C3)cc1. The van der Waals surface area contributed by atoms with Crippen molar-refractivity contribution >= 4 is 57.5 Å². The van der Waals surface area contributed by atoms with Gasteiger partial charge >= 0.3 is 0 Å². The number of carbonyl (C=O) groups excluding carboxylic acids is 1. The molecule has 0 radical (unpaired) electrons. The van der Waals surface area contributed by atoms with Gasteiger partial charge in [-0.15, -0.1) is 0 Å². The van der Waals surface area contributed by atoms with Crippen LogP contribution in [0.25, 0.3) is 90.4 Å². The highest BCUT2D eigenvalue weighted by Crippen LogP contribution is 2.53. The van der Waals surface area contributed by atoms with Crippen molar-refractivity contribution in [3.8, 4) is 67.5 Å². The third kappa shape index (κ3) is 7.17. The number of hydrogen-bond acceptors (Lipinski definition) is 9. The zero-order valence-corrected chi connectivity index (χ0v) is 39.7. The molecule has 4 aliphatic rings. The largest absolute Gasteiger partial charge is 0.497 e. The average Bonchev–Trinajstić information content (AvgIpc) is 4.30. The van der Waals surface area contributed by atoms with Crippen LogP contribution in [0, 0.1) is 0 Å². The van der Waals surface area contributed by atoms with Gasteiger partial charge in [0.25, 0.3) is 5.91 Å². The lowest BCUT2D eigenvalue weighted by Crippen LogP contribution is -2.47. The number of rotatable bonds is 9. The van der Waals surface area contributed by atoms with Gasteiger partial charge in [0.1, 0.15) is 29.7 Å². The van der Waals surface area contributed by atoms with Crippen LogP contribution < -0.4 is 24.3 Å². The predicted molar refractivity (Wildman–Crippen MR) is 280 cm³/mol. The number of carbonyl (C=O) groups is 1. The zero-order valence-electron chi connectivity index (χ0n) is 39.7. The maximum Gasteiger partial charge on any atom is 0.263 e. The summed E-state index contributed by atoms with van der Waals surface area (Å²) in [5, 5.41) is 3.17. The fourth-order valence-electron chi connectivity index (χ4n) is 10.6. The first-order valence-electron chi connectivity index (χ1n) is 23.3. The van der Waals surface area contributed by atoms with Gasteiger partial charge < -0.3 is 39.0 Å². The van der Waals surface area contributed by atoms with Gasteiger partial charge in [0.05, 0.1) is 57.3 Å². The van der Waals surface area contributed by atoms with Crippen LogP contribution in [0.5, 0.6) is 23.0 Å². The average molecular weight is 937 g/mol. The van der Waals surface area contributed by atoms with Gasteiger partial charge in [-0.25, -0.2) is 9.97 Å². The van der Waals surface area contributed by atoms with Crippen LogP contribution in [0.3, 0.4) is 0 Å². The van der Waals surface area contributed by atoms with Crippen LogP contribution in [0.2, 0.25) is 0 Å². The number of methoxy groups -OCH3 is 4. The molecule has 7 heterocycles. The molecule has 12 nitrogen and oxygen atoms in total. The Morgan fingerprint density at radius 3 is 1.42 bits per heavy atom. The van der Waals surface area contributed by atoms with E-state index in [9.17, 15) is 4.79 Å². The van der Waals surface area contributed by atoms with Crippen molar-refractivity contribution in [1.29, 1.82) is 0 Å². The summed E-state index contributed by atoms with van der Waals surface area (Å²) in [5.74, 6) is 2.69. The second-order valence-corrected chi connectivity index (χ2v) is 17.8. The molecule has 12 rings (SSSR count). The second-order valence-electron chi connectivity index (χ2n) is 17.8. The molecule has 0 saturated carbocycles. The highest BCUT2D eigenvalue weighted by molar-refractivity contribution is 6.10. The Morgan fingerprint density at radius 2 is 0.958 bits per heavy atom. The van der Waals surface area contributed by atoms with E-state index in [-0.39, 0.29) is 12.6 Å². The summed E-state index contributed by atoms with van der Waals surface area (Å²) >= 11 is 0. The van der Waals surface area contributed by atoms with Gasteiger partial charge in [-0.1, -0.05) is 66.7 Å². The summed E-state index contributed by atoms with van der Waals surface area (Å²) in [7, 11) is 8.66. The lowest BCUT2D eigenvalue weighted by atomic mass is 9.81. The Kier molecular flexibility index (Phi) is 10.6. The van der Waals surface area contributed by atoms with Crippen LogP contribution in [0.4, 0.5) is 5.69 Å². The van der Waals surface area contributed by atoms with Gasteiger partial charge in [-0.05, 0) is 126 Å². The van der Waals surface area contributed by atoms with Crippen molar-refractivity contribution in [3.63, 3.8) is 0 Å². The Bertz CT molecular complexity index is 3650. The number of hydrogen-bond donors (Lipinski definition) is 3. The van der Waals surface area contributed by atoms with Crippen LogP contribution in [-0.2, 0) is 15.1 Å². The standard InChI is InChI=1S/C59H48N6O6/c1-65-33-71-59(43-8-6-7-9-44(43)64-58(59)66)57(65)42-32-51-54(36-14-22-40(69-4)23-15-36)49-29-28-47(61-49)52(34-10-18-38(67-2)19-11-34)45-26-27-46(60-45)53(35-12-20-39(68-3)21-13-35)48-30-31-50(62-48)55(56(42)63-51)37-16-24-41(70-5)25-17-37/h6-32,57,61-62H,33H2,1-5H3,(H,64,66). The molecule has 0 aliphatic carbocycles. The van der Waals surface area contributed by atoms with Crippen molar-refractivity contribution in [2.75, 3.05) is 47.5 Å². The molecular formula is C59H48N6O6. The summed E-state index contributed by atoms with van der Waals surface area (Å²) in [5.41, 5.74) is 14.2. The number of fused-ring (bicyclic) bond motifs is 10. The van der Waals surface area contributed by atoms with Crippen LogP contribution >= 0.6 is 0 Å². The smallest absolute Gasteiger partial charge is 0.263 e. The Balaban J connectivity index is 1.26. The van der Waals surface area contributed by atoms with Crippen LogP contribution in [0.15, 0.2) is 146 Å². The molecule has 3 N–H and O–H groups in total. The Hall–Kier alpha value is -8.71. The minimum absolute atomic E-state index is 0.199. The molecular weight excluding hydrogens is 889 g/mol. The van der Waals surface area contributed by atoms with E-state index in [0.717, 1.165) is 112 Å². The van der Waals surface area contributed by atoms with Crippen molar-refractivity contribution in [2.24, 2.45) is 0 Å². The molecule has 1 fully saturated rings. The second kappa shape index (κ2) is 17.4. The first kappa shape index (κ1) is 43.6. The molecule has 2 atom stereocenters. The van der Waals surface area contributed by atoms with Gasteiger partial charge in [-0.2, -0.15) is 0 Å². The van der Waals surface area contributed by atoms with Crippen LogP contribution in [0.1, 0.15) is 28.3 Å². The number of anilines is 1. The number of amides is 1. The summed E-state index contributed by atoms with van der Waals surface area (Å²) in [6, 6.07) is 47.7. The summed E-state index contributed by atoms with van der Waals surface area (Å²) in [6.07, 6.45) is 6.29. The molecule has 1 amide bonds. The van der Waals surface area contributed by atoms with E-state index in [1.807, 2.05) is 92.0 Å². The third-order valence-corrected chi connectivity index (χ3v) is 13.9. The molecule has 5 aromatic carbocycles. The van der Waals surface area contributed by atoms with Crippen molar-refractivity contribution < 1.29 is 28.5 Å². The quantitative estimate of drug-likeness (QED) is 0.129. The fourth-order valence-corrected chi connectivity index (χ4v) is 10.6. The predicted octanol–water partition coefficient (Wildman–Crippen LogP) is 11.9. The maximum atomic E-state index is 14.7. The van der Waals surface area contributed by atoms with Gasteiger partial charge in [-0.3, -0.25) is 9.69 Å². The number of H-pyrrole nitrogens is 2. The van der Waals surface area contributed by atoms with E-state index in [4.69, 9.17) is 33.7 Å². The molecule has 8 aromatic rings. The number of likely N-dealkylation sites (N-methyl/N-ethyl adjacent to an activating group) is 1. The van der Waals surface area contributed by atoms with Crippen molar-refractivity contribution in [3.05, 3.63) is 174 Å². The highest BCUT2D eigenvalue weighted by Gasteiger charge is 2.60. The van der Waals surface area contributed by atoms with Gasteiger partial charge in [0.15, 0.2) is 5.60 Å². The lowest BCUT2D eigenvalue weighted by Gasteiger charge is -2.31. The van der Waals surface area contributed by atoms with E-state index in [1.54, 1.807) is 28.4 Å². The number of ether oxygens (including phenoxy) is 5. The van der Waals surface area contributed by atoms with Crippen molar-refractivity contribution in [1.82, 2.24) is 24.8 Å². The molecule has 12 heteroatoms. The normalized spacial score (nSPS) is 17.0. The topological polar surface area (TPSA) is 136 Å². The van der Waals surface area contributed by atoms with E-state index in [1.165, 1.54) is 0 Å². The maximum absolute atomic E-state index is 14.7. The first-order chi connectivity index (χ1) is 34.8. The van der Waals surface area contributed by atoms with E-state index in [0.29, 0.717) is 17.1 Å². The Labute approximate surface area is 409 Å². The van der Waals surface area contributed by atoms with Crippen molar-refractivity contribution in [2.45, 2.75) is 11.6 Å². The molecule has 2 unspecified atom stereocenters. The number of nitrogens with zero attached hydrogens (tertiary/aromatic N) is 3. The number of benzene rings is 5. The van der Waals surface area contributed by atoms with Crippen LogP contribution in [-0.4, -0.2) is 79.0 Å². The van der Waals surface area contributed by atoms with E-state index < -0.39 is 11.6 Å². The fraction of sp³-hybridized carbons (Fsp3) is 0.136. The summed E-state index contributed by atoms with van der Waals surface area (Å²) in [6.45, 7) is 0.199. The summed E-state index contributed by atoms with van der Waals surface area (Å²) in [4.78, 5) is 35.8. The molecule has 350 valence electrons. The highest BCUT2D eigenvalue weighted by atomic mass is 16.5. The molecule has 71 heavy (non-hydrogen) atoms. The van der Waals surface area contributed by atoms with E-state index >= 15 is 0 Å². The third-order valence-electron chi connectivity index (χ3n) is 13.9. The van der Waals surface area contributed by atoms with E-state index in [2.05, 4.69) is 99.1 Å². The monoisotopic (exact) mass is 936 g/mol. The van der Waals surface area contributed by atoms with Gasteiger partial charge in [0, 0.05) is 61.1 Å². The molecule has 3 aromatic heterocycles. The van der Waals surface area contributed by atoms with Gasteiger partial charge in [0.2, 0.25) is 0 Å². The minimum atomic E-state index is -1.39. The summed E-state index contributed by atoms with van der Waals surface area (Å²) < 4.78 is 29.4. The number of para-hydroxylation sites is 1. The molecule has 8 bridgehead atoms. The number of aromatic amines is 2. The molecule has 1 spiro atoms. The first-order valence-corrected chi connectivity index (χ1v) is 23.3. The zero-order chi connectivity index (χ0) is 48.4. The molecule has 1 saturated heterocycles.